The minimum absolute atomic E-state index is 0.240. The van der Waals surface area contributed by atoms with Crippen LogP contribution in [0.25, 0.3) is 10.1 Å². The lowest BCUT2D eigenvalue weighted by Gasteiger charge is -2.04. The highest BCUT2D eigenvalue weighted by Crippen LogP contribution is 2.32. The van der Waals surface area contributed by atoms with Crippen LogP contribution in [0.1, 0.15) is 4.88 Å². The van der Waals surface area contributed by atoms with Gasteiger partial charge in [-0.05, 0) is 30.3 Å². The smallest absolute Gasteiger partial charge is 0.165 e. The molecular formula is C15H11FO2S. The zero-order valence-corrected chi connectivity index (χ0v) is 10.8. The molecule has 0 unspecified atom stereocenters. The van der Waals surface area contributed by atoms with E-state index in [0.29, 0.717) is 6.61 Å². The number of rotatable bonds is 3. The Morgan fingerprint density at radius 1 is 1.11 bits per heavy atom. The van der Waals surface area contributed by atoms with Gasteiger partial charge in [-0.3, -0.25) is 0 Å². The molecule has 3 aromatic rings. The van der Waals surface area contributed by atoms with Crippen LogP contribution < -0.4 is 4.74 Å². The van der Waals surface area contributed by atoms with Crippen molar-refractivity contribution in [1.29, 1.82) is 0 Å². The van der Waals surface area contributed by atoms with Crippen LogP contribution in [0.15, 0.2) is 48.5 Å². The summed E-state index contributed by atoms with van der Waals surface area (Å²) < 4.78 is 19.8. The molecular weight excluding hydrogens is 263 g/mol. The Morgan fingerprint density at radius 2 is 1.95 bits per heavy atom. The van der Waals surface area contributed by atoms with Crippen LogP contribution in [0.2, 0.25) is 0 Å². The fraction of sp³-hybridized carbons (Fsp3) is 0.0667. The second-order valence-corrected chi connectivity index (χ2v) is 5.29. The predicted molar refractivity (Wildman–Crippen MR) is 74.2 cm³/mol. The SMILES string of the molecule is Oc1cccc2sc(COc3ccccc3F)cc12. The lowest BCUT2D eigenvalue weighted by molar-refractivity contribution is 0.293. The van der Waals surface area contributed by atoms with E-state index in [1.807, 2.05) is 12.1 Å². The van der Waals surface area contributed by atoms with Gasteiger partial charge in [0.2, 0.25) is 0 Å². The van der Waals surface area contributed by atoms with E-state index in [1.54, 1.807) is 30.3 Å². The number of phenolic OH excluding ortho intramolecular Hbond substituents is 1. The minimum Gasteiger partial charge on any atom is -0.507 e. The highest BCUT2D eigenvalue weighted by atomic mass is 32.1. The van der Waals surface area contributed by atoms with Crippen LogP contribution in [0, 0.1) is 5.82 Å². The quantitative estimate of drug-likeness (QED) is 0.770. The van der Waals surface area contributed by atoms with E-state index in [1.165, 1.54) is 17.4 Å². The number of halogens is 1. The second-order valence-electron chi connectivity index (χ2n) is 4.12. The maximum atomic E-state index is 13.4. The molecule has 0 saturated carbocycles. The number of hydrogen-bond donors (Lipinski definition) is 1. The Morgan fingerprint density at radius 3 is 2.74 bits per heavy atom. The molecule has 0 aliphatic carbocycles. The van der Waals surface area contributed by atoms with Crippen molar-refractivity contribution in [1.82, 2.24) is 0 Å². The van der Waals surface area contributed by atoms with Crippen molar-refractivity contribution < 1.29 is 14.2 Å². The van der Waals surface area contributed by atoms with E-state index in [9.17, 15) is 9.50 Å². The van der Waals surface area contributed by atoms with Gasteiger partial charge in [0.15, 0.2) is 11.6 Å². The number of fused-ring (bicyclic) bond motifs is 1. The lowest BCUT2D eigenvalue weighted by Crippen LogP contribution is -1.94. The highest BCUT2D eigenvalue weighted by Gasteiger charge is 2.07. The van der Waals surface area contributed by atoms with Crippen LogP contribution in [0.3, 0.4) is 0 Å². The molecule has 2 aromatic carbocycles. The van der Waals surface area contributed by atoms with Crippen LogP contribution in [0.5, 0.6) is 11.5 Å². The molecule has 0 saturated heterocycles. The van der Waals surface area contributed by atoms with Gasteiger partial charge in [-0.2, -0.15) is 0 Å². The van der Waals surface area contributed by atoms with Crippen LogP contribution in [0.4, 0.5) is 4.39 Å². The maximum absolute atomic E-state index is 13.4. The number of ether oxygens (including phenoxy) is 1. The van der Waals surface area contributed by atoms with E-state index in [2.05, 4.69) is 0 Å². The molecule has 1 N–H and O–H groups in total. The molecule has 1 aromatic heterocycles. The summed E-state index contributed by atoms with van der Waals surface area (Å²) >= 11 is 1.53. The van der Waals surface area contributed by atoms with E-state index in [-0.39, 0.29) is 17.3 Å². The summed E-state index contributed by atoms with van der Waals surface area (Å²) in [5, 5.41) is 10.5. The molecule has 2 nitrogen and oxygen atoms in total. The first-order chi connectivity index (χ1) is 9.24. The van der Waals surface area contributed by atoms with Crippen molar-refractivity contribution in [3.63, 3.8) is 0 Å². The Hall–Kier alpha value is -2.07. The van der Waals surface area contributed by atoms with Crippen molar-refractivity contribution >= 4 is 21.4 Å². The number of phenols is 1. The van der Waals surface area contributed by atoms with Gasteiger partial charge in [0.05, 0.1) is 0 Å². The third-order valence-corrected chi connectivity index (χ3v) is 3.87. The minimum atomic E-state index is -0.369. The summed E-state index contributed by atoms with van der Waals surface area (Å²) in [5.74, 6) is 0.126. The van der Waals surface area contributed by atoms with Gasteiger partial charge in [0, 0.05) is 15.0 Å². The second kappa shape index (κ2) is 4.90. The Labute approximate surface area is 113 Å². The molecule has 19 heavy (non-hydrogen) atoms. The van der Waals surface area contributed by atoms with Gasteiger partial charge in [-0.1, -0.05) is 18.2 Å². The summed E-state index contributed by atoms with van der Waals surface area (Å²) in [7, 11) is 0. The average Bonchev–Trinajstić information content (AvgIpc) is 2.82. The van der Waals surface area contributed by atoms with Gasteiger partial charge in [-0.15, -0.1) is 11.3 Å². The first-order valence-electron chi connectivity index (χ1n) is 5.82. The van der Waals surface area contributed by atoms with Crippen molar-refractivity contribution in [2.45, 2.75) is 6.61 Å². The molecule has 4 heteroatoms. The Bertz CT molecular complexity index is 721. The van der Waals surface area contributed by atoms with Crippen molar-refractivity contribution in [2.75, 3.05) is 0 Å². The van der Waals surface area contributed by atoms with Gasteiger partial charge in [0.1, 0.15) is 12.4 Å². The average molecular weight is 274 g/mol. The predicted octanol–water partition coefficient (Wildman–Crippen LogP) is 4.33. The maximum Gasteiger partial charge on any atom is 0.165 e. The fourth-order valence-electron chi connectivity index (χ4n) is 1.88. The standard InChI is InChI=1S/C15H11FO2S/c16-12-4-1-2-6-14(12)18-9-10-8-11-13(17)5-3-7-15(11)19-10/h1-8,17H,9H2. The molecule has 1 heterocycles. The zero-order valence-electron chi connectivity index (χ0n) is 9.97. The highest BCUT2D eigenvalue weighted by molar-refractivity contribution is 7.19. The van der Waals surface area contributed by atoms with Gasteiger partial charge in [0.25, 0.3) is 0 Å². The molecule has 0 bridgehead atoms. The molecule has 0 amide bonds. The summed E-state index contributed by atoms with van der Waals surface area (Å²) in [4.78, 5) is 0.944. The molecule has 0 aliphatic heterocycles. The van der Waals surface area contributed by atoms with Crippen molar-refractivity contribution in [3.05, 3.63) is 59.2 Å². The first kappa shape index (κ1) is 12.0. The molecule has 96 valence electrons. The lowest BCUT2D eigenvalue weighted by atomic mass is 10.2. The zero-order chi connectivity index (χ0) is 13.2. The Kier molecular flexibility index (Phi) is 3.09. The number of aromatic hydroxyl groups is 1. The van der Waals surface area contributed by atoms with Crippen molar-refractivity contribution in [3.8, 4) is 11.5 Å². The summed E-state index contributed by atoms with van der Waals surface area (Å²) in [5.41, 5.74) is 0. The molecule has 3 rings (SSSR count). The van der Waals surface area contributed by atoms with Gasteiger partial charge < -0.3 is 9.84 Å². The van der Waals surface area contributed by atoms with E-state index in [4.69, 9.17) is 4.74 Å². The van der Waals surface area contributed by atoms with Crippen LogP contribution in [-0.2, 0) is 6.61 Å². The summed E-state index contributed by atoms with van der Waals surface area (Å²) in [6.45, 7) is 0.291. The third-order valence-electron chi connectivity index (χ3n) is 2.80. The number of hydrogen-bond acceptors (Lipinski definition) is 3. The summed E-state index contributed by atoms with van der Waals surface area (Å²) in [6, 6.07) is 13.6. The molecule has 0 fully saturated rings. The van der Waals surface area contributed by atoms with E-state index in [0.717, 1.165) is 15.0 Å². The fourth-order valence-corrected chi connectivity index (χ4v) is 2.88. The number of thiophene rings is 1. The normalized spacial score (nSPS) is 10.8. The van der Waals surface area contributed by atoms with Gasteiger partial charge >= 0.3 is 0 Å². The molecule has 0 aliphatic rings. The number of benzene rings is 2. The monoisotopic (exact) mass is 274 g/mol. The van der Waals surface area contributed by atoms with Crippen molar-refractivity contribution in [2.24, 2.45) is 0 Å². The summed E-state index contributed by atoms with van der Waals surface area (Å²) in [6.07, 6.45) is 0. The number of para-hydroxylation sites is 1. The third kappa shape index (κ3) is 2.39. The topological polar surface area (TPSA) is 29.5 Å². The van der Waals surface area contributed by atoms with Gasteiger partial charge in [-0.25, -0.2) is 4.39 Å². The Balaban J connectivity index is 1.83. The van der Waals surface area contributed by atoms with Crippen LogP contribution >= 0.6 is 11.3 Å². The molecule has 0 radical (unpaired) electrons. The largest absolute Gasteiger partial charge is 0.507 e. The van der Waals surface area contributed by atoms with Crippen LogP contribution in [-0.4, -0.2) is 5.11 Å². The van der Waals surface area contributed by atoms with E-state index < -0.39 is 0 Å². The first-order valence-corrected chi connectivity index (χ1v) is 6.63. The van der Waals surface area contributed by atoms with E-state index >= 15 is 0 Å². The molecule has 0 atom stereocenters. The molecule has 0 spiro atoms.